The number of aliphatic hydroxyl groups is 1. The number of rotatable bonds is 93. The quantitative estimate of drug-likeness (QED) is 0.0222. The number of aliphatic hydroxyl groups excluding tert-OH is 1. The van der Waals surface area contributed by atoms with Crippen LogP contribution < -0.4 is 0 Å². The van der Waals surface area contributed by atoms with Crippen LogP contribution in [0, 0.1) is 17.8 Å². The van der Waals surface area contributed by atoms with E-state index in [0.29, 0.717) is 25.7 Å². The maximum Gasteiger partial charge on any atom is 0.472 e. The van der Waals surface area contributed by atoms with Crippen molar-refractivity contribution in [2.45, 2.75) is 529 Å². The first-order valence-electron chi connectivity index (χ1n) is 48.9. The normalized spacial score (nSPS) is 14.0. The highest BCUT2D eigenvalue weighted by atomic mass is 31.2. The first kappa shape index (κ1) is 112. The Hall–Kier alpha value is -1.94. The third kappa shape index (κ3) is 86.4. The molecule has 114 heavy (non-hydrogen) atoms. The Kier molecular flexibility index (Phi) is 83.2. The van der Waals surface area contributed by atoms with E-state index in [1.807, 2.05) is 0 Å². The van der Waals surface area contributed by atoms with E-state index in [1.165, 1.54) is 321 Å². The Balaban J connectivity index is 5.24. The summed E-state index contributed by atoms with van der Waals surface area (Å²) in [7, 11) is -9.94. The molecule has 3 unspecified atom stereocenters. The molecular weight excluding hydrogens is 1470 g/mol. The maximum atomic E-state index is 13.2. The van der Waals surface area contributed by atoms with Crippen molar-refractivity contribution >= 4 is 39.5 Å². The van der Waals surface area contributed by atoms with Crippen molar-refractivity contribution in [3.63, 3.8) is 0 Å². The Bertz CT molecular complexity index is 2190. The topological polar surface area (TPSA) is 237 Å². The number of carbonyl (C=O) groups is 4. The van der Waals surface area contributed by atoms with E-state index >= 15 is 0 Å². The molecule has 0 fully saturated rings. The summed E-state index contributed by atoms with van der Waals surface area (Å²) in [5, 5.41) is 10.7. The highest BCUT2D eigenvalue weighted by Gasteiger charge is 2.31. The minimum absolute atomic E-state index is 0.109. The number of esters is 4. The van der Waals surface area contributed by atoms with Crippen LogP contribution in [0.5, 0.6) is 0 Å². The van der Waals surface area contributed by atoms with Gasteiger partial charge in [0.25, 0.3) is 0 Å². The molecule has 0 saturated carbocycles. The molecule has 0 rings (SSSR count). The van der Waals surface area contributed by atoms with Gasteiger partial charge in [-0.25, -0.2) is 9.13 Å². The maximum absolute atomic E-state index is 13.2. The van der Waals surface area contributed by atoms with Crippen LogP contribution in [0.25, 0.3) is 0 Å². The van der Waals surface area contributed by atoms with Gasteiger partial charge in [-0.3, -0.25) is 37.3 Å². The van der Waals surface area contributed by atoms with Crippen LogP contribution >= 0.6 is 15.6 Å². The molecule has 0 aliphatic rings. The number of phosphoric ester groups is 2. The summed E-state index contributed by atoms with van der Waals surface area (Å²) in [5.74, 6) is 0.327. The Morgan fingerprint density at radius 1 is 0.254 bits per heavy atom. The van der Waals surface area contributed by atoms with Gasteiger partial charge < -0.3 is 33.8 Å². The number of carbonyl (C=O) groups excluding carboxylic acids is 4. The van der Waals surface area contributed by atoms with Crippen molar-refractivity contribution < 1.29 is 80.2 Å². The summed E-state index contributed by atoms with van der Waals surface area (Å²) < 4.78 is 69.2. The first-order valence-corrected chi connectivity index (χ1v) is 51.9. The largest absolute Gasteiger partial charge is 0.472 e. The van der Waals surface area contributed by atoms with Gasteiger partial charge in [0.05, 0.1) is 26.4 Å². The predicted molar refractivity (Wildman–Crippen MR) is 474 cm³/mol. The lowest BCUT2D eigenvalue weighted by Crippen LogP contribution is -2.30. The lowest BCUT2D eigenvalue weighted by atomic mass is 9.99. The van der Waals surface area contributed by atoms with E-state index in [0.717, 1.165) is 108 Å². The monoisotopic (exact) mass is 1660 g/mol. The molecule has 0 aromatic heterocycles. The minimum Gasteiger partial charge on any atom is -0.462 e. The van der Waals surface area contributed by atoms with E-state index in [4.69, 9.17) is 37.0 Å². The molecule has 0 bridgehead atoms. The van der Waals surface area contributed by atoms with Gasteiger partial charge in [0.1, 0.15) is 19.3 Å². The molecule has 3 N–H and O–H groups in total. The summed E-state index contributed by atoms with van der Waals surface area (Å²) in [6, 6.07) is 0. The fourth-order valence-corrected chi connectivity index (χ4v) is 16.5. The van der Waals surface area contributed by atoms with Gasteiger partial charge >= 0.3 is 39.5 Å². The molecule has 0 aromatic carbocycles. The average Bonchev–Trinajstić information content (AvgIpc) is 0.899. The van der Waals surface area contributed by atoms with E-state index in [-0.39, 0.29) is 25.7 Å². The van der Waals surface area contributed by atoms with Crippen molar-refractivity contribution in [3.05, 3.63) is 0 Å². The second-order valence-corrected chi connectivity index (χ2v) is 38.2. The van der Waals surface area contributed by atoms with Crippen LogP contribution in [0.1, 0.15) is 511 Å². The average molecular weight is 1660 g/mol. The third-order valence-corrected chi connectivity index (χ3v) is 24.6. The Labute approximate surface area is 702 Å². The standard InChI is InChI=1S/C95H186O17P2/c1-8-10-11-12-13-14-15-16-17-18-19-20-28-33-38-43-48-57-64-72-79-95(100)112-91(83-106-93(98)77-70-63-56-51-50-54-61-68-75-88(7)9-2)85-110-114(103,104)108-81-89(96)80-107-113(101,102)109-84-90(111-94(99)78-71-65-58-49-44-39-34-29-24-22-26-31-36-41-46-53-60-67-74-87(5)6)82-105-92(97)76-69-62-55-47-42-37-32-27-23-21-25-30-35-40-45-52-59-66-73-86(3)4/h86-91,96H,8-85H2,1-7H3,(H,101,102)(H,103,104)/t88?,89-,90-,91-/m1/s1. The highest BCUT2D eigenvalue weighted by Crippen LogP contribution is 2.45. The zero-order valence-corrected chi connectivity index (χ0v) is 77.4. The van der Waals surface area contributed by atoms with Gasteiger partial charge in [-0.05, 0) is 43.4 Å². The molecule has 0 spiro atoms. The van der Waals surface area contributed by atoms with Crippen molar-refractivity contribution in [2.75, 3.05) is 39.6 Å². The minimum atomic E-state index is -4.97. The van der Waals surface area contributed by atoms with E-state index in [1.54, 1.807) is 0 Å². The van der Waals surface area contributed by atoms with E-state index < -0.39 is 97.5 Å². The number of ether oxygens (including phenoxy) is 4. The zero-order valence-electron chi connectivity index (χ0n) is 75.6. The van der Waals surface area contributed by atoms with Crippen molar-refractivity contribution in [1.82, 2.24) is 0 Å². The molecule has 6 atom stereocenters. The van der Waals surface area contributed by atoms with Crippen LogP contribution in [0.15, 0.2) is 0 Å². The van der Waals surface area contributed by atoms with Gasteiger partial charge in [0.15, 0.2) is 12.2 Å². The molecule has 678 valence electrons. The fraction of sp³-hybridized carbons (Fsp3) is 0.958. The van der Waals surface area contributed by atoms with Gasteiger partial charge in [-0.1, -0.05) is 459 Å². The second-order valence-electron chi connectivity index (χ2n) is 35.3. The molecule has 0 aromatic rings. The van der Waals surface area contributed by atoms with Gasteiger partial charge in [-0.15, -0.1) is 0 Å². The number of phosphoric acid groups is 2. The van der Waals surface area contributed by atoms with Crippen LogP contribution in [0.2, 0.25) is 0 Å². The second kappa shape index (κ2) is 84.7. The highest BCUT2D eigenvalue weighted by molar-refractivity contribution is 7.47. The van der Waals surface area contributed by atoms with E-state index in [9.17, 15) is 43.2 Å². The summed E-state index contributed by atoms with van der Waals surface area (Å²) in [4.78, 5) is 73.6. The fourth-order valence-electron chi connectivity index (χ4n) is 14.9. The van der Waals surface area contributed by atoms with Crippen molar-refractivity contribution in [2.24, 2.45) is 17.8 Å². The number of unbranched alkanes of at least 4 members (excludes halogenated alkanes) is 60. The summed E-state index contributed by atoms with van der Waals surface area (Å²) in [6.07, 6.45) is 79.3. The Morgan fingerprint density at radius 2 is 0.447 bits per heavy atom. The van der Waals surface area contributed by atoms with E-state index in [2.05, 4.69) is 48.5 Å². The Morgan fingerprint density at radius 3 is 0.667 bits per heavy atom. The summed E-state index contributed by atoms with van der Waals surface area (Å²) in [5.41, 5.74) is 0. The van der Waals surface area contributed by atoms with Crippen LogP contribution in [0.3, 0.4) is 0 Å². The first-order chi connectivity index (χ1) is 55.3. The molecule has 0 amide bonds. The third-order valence-electron chi connectivity index (χ3n) is 22.7. The number of hydrogen-bond acceptors (Lipinski definition) is 15. The van der Waals surface area contributed by atoms with Crippen molar-refractivity contribution in [3.8, 4) is 0 Å². The van der Waals surface area contributed by atoms with Gasteiger partial charge in [0, 0.05) is 25.7 Å². The van der Waals surface area contributed by atoms with Crippen LogP contribution in [-0.2, 0) is 65.4 Å². The number of hydrogen-bond donors (Lipinski definition) is 3. The van der Waals surface area contributed by atoms with Crippen LogP contribution in [0.4, 0.5) is 0 Å². The zero-order chi connectivity index (χ0) is 83.6. The van der Waals surface area contributed by atoms with Gasteiger partial charge in [0.2, 0.25) is 0 Å². The SMILES string of the molecule is CCCCCCCCCCCCCCCCCCCCCCC(=O)O[C@H](COC(=O)CCCCCCCCCCC(C)CC)COP(=O)(O)OC[C@H](O)COP(=O)(O)OC[C@@H](COC(=O)CCCCCCCCCCCCCCCCCCCCC(C)C)OC(=O)CCCCCCCCCCCCCCCCCCCCC(C)C. The molecule has 0 heterocycles. The predicted octanol–water partition coefficient (Wildman–Crippen LogP) is 29.6. The van der Waals surface area contributed by atoms with Crippen molar-refractivity contribution in [1.29, 1.82) is 0 Å². The lowest BCUT2D eigenvalue weighted by molar-refractivity contribution is -0.161. The molecular formula is C95H186O17P2. The molecule has 0 aliphatic heterocycles. The molecule has 0 saturated heterocycles. The van der Waals surface area contributed by atoms with Gasteiger partial charge in [-0.2, -0.15) is 0 Å². The summed E-state index contributed by atoms with van der Waals surface area (Å²) >= 11 is 0. The lowest BCUT2D eigenvalue weighted by Gasteiger charge is -2.21. The van der Waals surface area contributed by atoms with Crippen LogP contribution in [-0.4, -0.2) is 96.7 Å². The molecule has 0 radical (unpaired) electrons. The molecule has 19 heteroatoms. The molecule has 17 nitrogen and oxygen atoms in total. The molecule has 0 aliphatic carbocycles. The summed E-state index contributed by atoms with van der Waals surface area (Å²) in [6.45, 7) is 12.1. The smallest absolute Gasteiger partial charge is 0.462 e.